The van der Waals surface area contributed by atoms with Gasteiger partial charge in [0.25, 0.3) is 0 Å². The Labute approximate surface area is 70.3 Å². The van der Waals surface area contributed by atoms with Crippen molar-refractivity contribution in [3.63, 3.8) is 0 Å². The molecule has 1 aromatic heterocycles. The number of rotatable bonds is 0. The molecule has 56 valence electrons. The lowest BCUT2D eigenvalue weighted by molar-refractivity contribution is 0.396. The van der Waals surface area contributed by atoms with E-state index in [1.807, 2.05) is 11.6 Å². The molecule has 0 fully saturated rings. The quantitative estimate of drug-likeness (QED) is 0.546. The van der Waals surface area contributed by atoms with Gasteiger partial charge in [-0.05, 0) is 33.0 Å². The maximum Gasteiger partial charge on any atom is 0.161 e. The van der Waals surface area contributed by atoms with Crippen molar-refractivity contribution in [1.82, 2.24) is 4.57 Å². The first-order valence-electron chi connectivity index (χ1n) is 3.18. The predicted molar refractivity (Wildman–Crippen MR) is 48.1 cm³/mol. The zero-order valence-corrected chi connectivity index (χ0v) is 8.05. The Balaban J connectivity index is 3.18. The molecular weight excluding hydrogens is 162 g/mol. The highest BCUT2D eigenvalue weighted by atomic mass is 32.1. The highest BCUT2D eigenvalue weighted by molar-refractivity contribution is 7.73. The van der Waals surface area contributed by atoms with Crippen molar-refractivity contribution in [3.8, 4) is 0 Å². The predicted octanol–water partition coefficient (Wildman–Crippen LogP) is 3.03. The van der Waals surface area contributed by atoms with E-state index in [1.54, 1.807) is 11.3 Å². The van der Waals surface area contributed by atoms with Gasteiger partial charge in [0.1, 0.15) is 0 Å². The molecule has 1 rings (SSSR count). The zero-order valence-electron chi connectivity index (χ0n) is 6.42. The van der Waals surface area contributed by atoms with Crippen LogP contribution in [0.3, 0.4) is 0 Å². The van der Waals surface area contributed by atoms with E-state index < -0.39 is 0 Å². The smallest absolute Gasteiger partial charge is 0.161 e. The highest BCUT2D eigenvalue weighted by Gasteiger charge is 2.11. The van der Waals surface area contributed by atoms with Crippen LogP contribution in [0.25, 0.3) is 0 Å². The number of hydrogen-bond donors (Lipinski definition) is 0. The summed E-state index contributed by atoms with van der Waals surface area (Å²) in [6, 6.07) is 0. The second-order valence-corrected chi connectivity index (χ2v) is 4.75. The van der Waals surface area contributed by atoms with E-state index in [2.05, 4.69) is 25.3 Å². The van der Waals surface area contributed by atoms with E-state index in [-0.39, 0.29) is 5.54 Å². The zero-order chi connectivity index (χ0) is 7.78. The van der Waals surface area contributed by atoms with E-state index in [0.29, 0.717) is 0 Å². The Kier molecular flexibility index (Phi) is 1.97. The van der Waals surface area contributed by atoms with E-state index in [4.69, 9.17) is 12.2 Å². The van der Waals surface area contributed by atoms with Crippen LogP contribution in [0.1, 0.15) is 20.8 Å². The van der Waals surface area contributed by atoms with Gasteiger partial charge < -0.3 is 4.57 Å². The lowest BCUT2D eigenvalue weighted by atomic mass is 10.1. The second kappa shape index (κ2) is 2.47. The third-order valence-corrected chi connectivity index (χ3v) is 2.44. The van der Waals surface area contributed by atoms with Crippen molar-refractivity contribution < 1.29 is 0 Å². The van der Waals surface area contributed by atoms with Crippen LogP contribution in [0.4, 0.5) is 0 Å². The monoisotopic (exact) mass is 173 g/mol. The minimum Gasteiger partial charge on any atom is -0.325 e. The van der Waals surface area contributed by atoms with Crippen LogP contribution in [0.5, 0.6) is 0 Å². The van der Waals surface area contributed by atoms with Gasteiger partial charge in [-0.3, -0.25) is 0 Å². The van der Waals surface area contributed by atoms with E-state index in [0.717, 1.165) is 3.95 Å². The summed E-state index contributed by atoms with van der Waals surface area (Å²) in [5, 5.41) is 2.02. The molecule has 0 radical (unpaired) electrons. The fourth-order valence-electron chi connectivity index (χ4n) is 0.765. The SMILES string of the molecule is CC(C)(C)n1ccsc1=S. The summed E-state index contributed by atoms with van der Waals surface area (Å²) >= 11 is 6.72. The summed E-state index contributed by atoms with van der Waals surface area (Å²) in [5.41, 5.74) is 0.136. The molecule has 0 atom stereocenters. The molecule has 0 aliphatic rings. The van der Waals surface area contributed by atoms with Crippen molar-refractivity contribution in [2.24, 2.45) is 0 Å². The standard InChI is InChI=1S/C7H11NS2/c1-7(2,3)8-4-5-10-6(8)9/h4-5H,1-3H3. The fourth-order valence-corrected chi connectivity index (χ4v) is 2.01. The van der Waals surface area contributed by atoms with Gasteiger partial charge in [-0.2, -0.15) is 0 Å². The largest absolute Gasteiger partial charge is 0.325 e. The molecule has 0 amide bonds. The minimum atomic E-state index is 0.136. The molecule has 1 nitrogen and oxygen atoms in total. The molecule has 3 heteroatoms. The first-order valence-corrected chi connectivity index (χ1v) is 4.47. The van der Waals surface area contributed by atoms with Crippen molar-refractivity contribution >= 4 is 23.6 Å². The van der Waals surface area contributed by atoms with Gasteiger partial charge in [0, 0.05) is 17.1 Å². The topological polar surface area (TPSA) is 4.93 Å². The molecule has 0 saturated heterocycles. The van der Waals surface area contributed by atoms with Crippen molar-refractivity contribution in [3.05, 3.63) is 15.5 Å². The molecule has 1 aromatic rings. The summed E-state index contributed by atoms with van der Waals surface area (Å²) in [6.07, 6.45) is 2.03. The number of hydrogen-bond acceptors (Lipinski definition) is 2. The van der Waals surface area contributed by atoms with Crippen LogP contribution in [-0.2, 0) is 5.54 Å². The van der Waals surface area contributed by atoms with Crippen LogP contribution in [0, 0.1) is 3.95 Å². The minimum absolute atomic E-state index is 0.136. The summed E-state index contributed by atoms with van der Waals surface area (Å²) in [4.78, 5) is 0. The molecule has 0 aromatic carbocycles. The molecule has 1 heterocycles. The van der Waals surface area contributed by atoms with E-state index >= 15 is 0 Å². The summed E-state index contributed by atoms with van der Waals surface area (Å²) in [7, 11) is 0. The molecule has 0 bridgehead atoms. The Morgan fingerprint density at radius 2 is 2.10 bits per heavy atom. The van der Waals surface area contributed by atoms with Gasteiger partial charge in [-0.1, -0.05) is 0 Å². The third kappa shape index (κ3) is 1.47. The van der Waals surface area contributed by atoms with Crippen LogP contribution < -0.4 is 0 Å². The van der Waals surface area contributed by atoms with Gasteiger partial charge in [0.05, 0.1) is 0 Å². The van der Waals surface area contributed by atoms with Gasteiger partial charge in [0.2, 0.25) is 0 Å². The maximum absolute atomic E-state index is 5.11. The maximum atomic E-state index is 5.11. The molecule has 0 aliphatic carbocycles. The first-order chi connectivity index (χ1) is 4.52. The molecule has 10 heavy (non-hydrogen) atoms. The third-order valence-electron chi connectivity index (χ3n) is 1.30. The van der Waals surface area contributed by atoms with E-state index in [9.17, 15) is 0 Å². The van der Waals surface area contributed by atoms with E-state index in [1.165, 1.54) is 0 Å². The van der Waals surface area contributed by atoms with Gasteiger partial charge in [-0.15, -0.1) is 11.3 Å². The van der Waals surface area contributed by atoms with Crippen LogP contribution in [-0.4, -0.2) is 4.57 Å². The highest BCUT2D eigenvalue weighted by Crippen LogP contribution is 2.16. The second-order valence-electron chi connectivity index (χ2n) is 3.21. The number of thiazole rings is 1. The average molecular weight is 173 g/mol. The molecule has 0 N–H and O–H groups in total. The Bertz CT molecular complexity index is 264. The summed E-state index contributed by atoms with van der Waals surface area (Å²) in [6.45, 7) is 6.44. The molecule has 0 spiro atoms. The fraction of sp³-hybridized carbons (Fsp3) is 0.571. The van der Waals surface area contributed by atoms with Crippen LogP contribution in [0.15, 0.2) is 11.6 Å². The van der Waals surface area contributed by atoms with Crippen molar-refractivity contribution in [2.75, 3.05) is 0 Å². The first kappa shape index (κ1) is 7.95. The van der Waals surface area contributed by atoms with Crippen molar-refractivity contribution in [2.45, 2.75) is 26.3 Å². The summed E-state index contributed by atoms with van der Waals surface area (Å²) in [5.74, 6) is 0. The Morgan fingerprint density at radius 3 is 2.30 bits per heavy atom. The summed E-state index contributed by atoms with van der Waals surface area (Å²) < 4.78 is 3.06. The molecule has 0 saturated carbocycles. The molecule has 0 aliphatic heterocycles. The average Bonchev–Trinajstić information content (AvgIpc) is 2.11. The number of nitrogens with zero attached hydrogens (tertiary/aromatic N) is 1. The molecule has 0 unspecified atom stereocenters. The lowest BCUT2D eigenvalue weighted by Crippen LogP contribution is -2.20. The normalized spacial score (nSPS) is 11.9. The Hall–Kier alpha value is -0.150. The van der Waals surface area contributed by atoms with Gasteiger partial charge >= 0.3 is 0 Å². The molecular formula is C7H11NS2. The van der Waals surface area contributed by atoms with Gasteiger partial charge in [-0.25, -0.2) is 0 Å². The Morgan fingerprint density at radius 1 is 1.50 bits per heavy atom. The lowest BCUT2D eigenvalue weighted by Gasteiger charge is -2.20. The van der Waals surface area contributed by atoms with Crippen LogP contribution in [0.2, 0.25) is 0 Å². The van der Waals surface area contributed by atoms with Crippen molar-refractivity contribution in [1.29, 1.82) is 0 Å². The number of aromatic nitrogens is 1. The van der Waals surface area contributed by atoms with Crippen LogP contribution >= 0.6 is 23.6 Å². The van der Waals surface area contributed by atoms with Gasteiger partial charge in [0.15, 0.2) is 3.95 Å².